The van der Waals surface area contributed by atoms with Crippen molar-refractivity contribution in [1.29, 1.82) is 0 Å². The van der Waals surface area contributed by atoms with E-state index in [-0.39, 0.29) is 5.56 Å². The molecule has 1 amide bonds. The smallest absolute Gasteiger partial charge is 0.258 e. The third-order valence-corrected chi connectivity index (χ3v) is 2.68. The first kappa shape index (κ1) is 13.1. The molecule has 0 aliphatic carbocycles. The number of carbonyl (C=O) groups is 1. The van der Waals surface area contributed by atoms with Crippen molar-refractivity contribution in [2.24, 2.45) is 0 Å². The van der Waals surface area contributed by atoms with Crippen molar-refractivity contribution in [2.75, 3.05) is 11.9 Å². The Morgan fingerprint density at radius 2 is 1.53 bits per heavy atom. The topological polar surface area (TPSA) is 20.3 Å². The Labute approximate surface area is 108 Å². The van der Waals surface area contributed by atoms with E-state index in [4.69, 9.17) is 0 Å². The summed E-state index contributed by atoms with van der Waals surface area (Å²) in [6, 6.07) is 9.94. The Balaban J connectivity index is 2.35. The van der Waals surface area contributed by atoms with E-state index in [0.717, 1.165) is 0 Å². The first-order valence-corrected chi connectivity index (χ1v) is 5.48. The van der Waals surface area contributed by atoms with Gasteiger partial charge in [-0.25, -0.2) is 13.2 Å². The average molecular weight is 265 g/mol. The van der Waals surface area contributed by atoms with E-state index in [1.165, 1.54) is 11.9 Å². The molecule has 0 N–H and O–H groups in total. The Hall–Kier alpha value is -2.30. The van der Waals surface area contributed by atoms with E-state index >= 15 is 0 Å². The molecule has 0 atom stereocenters. The van der Waals surface area contributed by atoms with Crippen molar-refractivity contribution in [3.05, 3.63) is 65.5 Å². The highest BCUT2D eigenvalue weighted by Crippen LogP contribution is 2.18. The molecule has 98 valence electrons. The lowest BCUT2D eigenvalue weighted by Crippen LogP contribution is -2.26. The van der Waals surface area contributed by atoms with Crippen molar-refractivity contribution in [3.63, 3.8) is 0 Å². The van der Waals surface area contributed by atoms with Crippen molar-refractivity contribution in [2.45, 2.75) is 0 Å². The number of hydrogen-bond acceptors (Lipinski definition) is 1. The molecule has 2 rings (SSSR count). The molecule has 19 heavy (non-hydrogen) atoms. The van der Waals surface area contributed by atoms with Crippen LogP contribution in [0.4, 0.5) is 18.9 Å². The summed E-state index contributed by atoms with van der Waals surface area (Å²) >= 11 is 0. The SMILES string of the molecule is CN(C(=O)c1cc(F)c(F)c(F)c1)c1ccccc1. The molecule has 0 heterocycles. The summed E-state index contributed by atoms with van der Waals surface area (Å²) in [5, 5.41) is 0. The maximum atomic E-state index is 13.1. The molecule has 0 unspecified atom stereocenters. The van der Waals surface area contributed by atoms with Gasteiger partial charge in [0.25, 0.3) is 5.91 Å². The molecule has 0 saturated carbocycles. The van der Waals surface area contributed by atoms with Crippen LogP contribution in [-0.2, 0) is 0 Å². The highest BCUT2D eigenvalue weighted by atomic mass is 19.2. The molecule has 0 aromatic heterocycles. The van der Waals surface area contributed by atoms with Crippen LogP contribution < -0.4 is 4.90 Å². The molecule has 2 nitrogen and oxygen atoms in total. The Bertz CT molecular complexity index is 590. The highest BCUT2D eigenvalue weighted by Gasteiger charge is 2.18. The van der Waals surface area contributed by atoms with E-state index in [0.29, 0.717) is 17.8 Å². The molecular formula is C14H10F3NO. The summed E-state index contributed by atoms with van der Waals surface area (Å²) < 4.78 is 39.0. The lowest BCUT2D eigenvalue weighted by atomic mass is 10.1. The molecule has 5 heteroatoms. The zero-order valence-electron chi connectivity index (χ0n) is 10.0. The minimum atomic E-state index is -1.58. The second-order valence-electron chi connectivity index (χ2n) is 3.95. The third-order valence-electron chi connectivity index (χ3n) is 2.68. The van der Waals surface area contributed by atoms with Gasteiger partial charge in [-0.15, -0.1) is 0 Å². The Morgan fingerprint density at radius 1 is 1.00 bits per heavy atom. The van der Waals surface area contributed by atoms with Crippen LogP contribution in [0.3, 0.4) is 0 Å². The third kappa shape index (κ3) is 2.59. The Morgan fingerprint density at radius 3 is 2.05 bits per heavy atom. The van der Waals surface area contributed by atoms with Crippen LogP contribution in [-0.4, -0.2) is 13.0 Å². The number of hydrogen-bond donors (Lipinski definition) is 0. The van der Waals surface area contributed by atoms with E-state index in [1.807, 2.05) is 0 Å². The van der Waals surface area contributed by atoms with Gasteiger partial charge in [-0.2, -0.15) is 0 Å². The number of carbonyl (C=O) groups excluding carboxylic acids is 1. The zero-order valence-corrected chi connectivity index (χ0v) is 10.0. The fraction of sp³-hybridized carbons (Fsp3) is 0.0714. The van der Waals surface area contributed by atoms with Gasteiger partial charge in [-0.1, -0.05) is 18.2 Å². The van der Waals surface area contributed by atoms with E-state index in [1.54, 1.807) is 30.3 Å². The van der Waals surface area contributed by atoms with E-state index in [9.17, 15) is 18.0 Å². The van der Waals surface area contributed by atoms with E-state index < -0.39 is 23.4 Å². The van der Waals surface area contributed by atoms with Gasteiger partial charge in [-0.3, -0.25) is 4.79 Å². The van der Waals surface area contributed by atoms with E-state index in [2.05, 4.69) is 0 Å². The van der Waals surface area contributed by atoms with Crippen molar-refractivity contribution in [1.82, 2.24) is 0 Å². The number of amides is 1. The minimum Gasteiger partial charge on any atom is -0.311 e. The lowest BCUT2D eigenvalue weighted by Gasteiger charge is -2.17. The summed E-state index contributed by atoms with van der Waals surface area (Å²) in [6.07, 6.45) is 0. The molecule has 0 aliphatic rings. The van der Waals surface area contributed by atoms with Gasteiger partial charge in [0.1, 0.15) is 0 Å². The second-order valence-corrected chi connectivity index (χ2v) is 3.95. The molecule has 0 aliphatic heterocycles. The summed E-state index contributed by atoms with van der Waals surface area (Å²) in [5.74, 6) is -4.97. The van der Waals surface area contributed by atoms with Gasteiger partial charge in [0.05, 0.1) is 0 Å². The monoisotopic (exact) mass is 265 g/mol. The van der Waals surface area contributed by atoms with Gasteiger partial charge in [0.15, 0.2) is 17.5 Å². The van der Waals surface area contributed by atoms with Gasteiger partial charge in [0.2, 0.25) is 0 Å². The summed E-state index contributed by atoms with van der Waals surface area (Å²) in [6.45, 7) is 0. The van der Waals surface area contributed by atoms with Crippen molar-refractivity contribution in [3.8, 4) is 0 Å². The number of halogens is 3. The van der Waals surface area contributed by atoms with Gasteiger partial charge in [0, 0.05) is 18.3 Å². The molecule has 0 spiro atoms. The Kier molecular flexibility index (Phi) is 3.55. The lowest BCUT2D eigenvalue weighted by molar-refractivity contribution is 0.0992. The van der Waals surface area contributed by atoms with Crippen molar-refractivity contribution >= 4 is 11.6 Å². The molecule has 0 fully saturated rings. The quantitative estimate of drug-likeness (QED) is 0.762. The summed E-state index contributed by atoms with van der Waals surface area (Å²) in [5.41, 5.74) is 0.320. The number of para-hydroxylation sites is 1. The van der Waals surface area contributed by atoms with Crippen LogP contribution in [0.15, 0.2) is 42.5 Å². The van der Waals surface area contributed by atoms with Crippen LogP contribution in [0.5, 0.6) is 0 Å². The van der Waals surface area contributed by atoms with Crippen molar-refractivity contribution < 1.29 is 18.0 Å². The number of anilines is 1. The standard InChI is InChI=1S/C14H10F3NO/c1-18(10-5-3-2-4-6-10)14(19)9-7-11(15)13(17)12(16)8-9/h2-8H,1H3. The average Bonchev–Trinajstić information content (AvgIpc) is 2.43. The number of benzene rings is 2. The summed E-state index contributed by atoms with van der Waals surface area (Å²) in [7, 11) is 1.47. The number of rotatable bonds is 2. The molecule has 0 radical (unpaired) electrons. The van der Waals surface area contributed by atoms with Crippen LogP contribution in [0.25, 0.3) is 0 Å². The van der Waals surface area contributed by atoms with Gasteiger partial charge >= 0.3 is 0 Å². The van der Waals surface area contributed by atoms with Crippen LogP contribution in [0.1, 0.15) is 10.4 Å². The highest BCUT2D eigenvalue weighted by molar-refractivity contribution is 6.05. The molecular weight excluding hydrogens is 255 g/mol. The fourth-order valence-corrected chi connectivity index (χ4v) is 1.64. The van der Waals surface area contributed by atoms with Gasteiger partial charge in [-0.05, 0) is 24.3 Å². The van der Waals surface area contributed by atoms with Gasteiger partial charge < -0.3 is 4.90 Å². The summed E-state index contributed by atoms with van der Waals surface area (Å²) in [4.78, 5) is 13.3. The minimum absolute atomic E-state index is 0.247. The predicted octanol–water partition coefficient (Wildman–Crippen LogP) is 3.38. The normalized spacial score (nSPS) is 10.3. The molecule has 2 aromatic carbocycles. The zero-order chi connectivity index (χ0) is 14.0. The maximum Gasteiger partial charge on any atom is 0.258 e. The van der Waals surface area contributed by atoms with Crippen LogP contribution in [0.2, 0.25) is 0 Å². The molecule has 2 aromatic rings. The maximum absolute atomic E-state index is 13.1. The molecule has 0 bridgehead atoms. The largest absolute Gasteiger partial charge is 0.311 e. The first-order chi connectivity index (χ1) is 9.00. The van der Waals surface area contributed by atoms with Crippen LogP contribution in [0, 0.1) is 17.5 Å². The molecule has 0 saturated heterocycles. The first-order valence-electron chi connectivity index (χ1n) is 5.48. The second kappa shape index (κ2) is 5.14. The van der Waals surface area contributed by atoms with Crippen LogP contribution >= 0.6 is 0 Å². The predicted molar refractivity (Wildman–Crippen MR) is 65.5 cm³/mol. The fourth-order valence-electron chi connectivity index (χ4n) is 1.64. The number of nitrogens with zero attached hydrogens (tertiary/aromatic N) is 1.